The van der Waals surface area contributed by atoms with Crippen LogP contribution in [-0.4, -0.2) is 20.2 Å². The van der Waals surface area contributed by atoms with Crippen LogP contribution in [0, 0.1) is 12.7 Å². The Morgan fingerprint density at radius 3 is 2.95 bits per heavy atom. The zero-order valence-corrected chi connectivity index (χ0v) is 10.7. The second-order valence-corrected chi connectivity index (χ2v) is 4.37. The number of halogens is 2. The largest absolute Gasteiger partial charge is 0.337 e. The van der Waals surface area contributed by atoms with Crippen LogP contribution in [0.5, 0.6) is 0 Å². The zero-order valence-electron chi connectivity index (χ0n) is 9.91. The maximum Gasteiger partial charge on any atom is 0.226 e. The number of fused-ring (bicyclic) bond motifs is 1. The van der Waals surface area contributed by atoms with Crippen molar-refractivity contribution >= 4 is 34.1 Å². The first-order chi connectivity index (χ1) is 9.15. The lowest BCUT2D eigenvalue weighted by molar-refractivity contribution is 0.631. The van der Waals surface area contributed by atoms with Crippen molar-refractivity contribution in [2.24, 2.45) is 0 Å². The summed E-state index contributed by atoms with van der Waals surface area (Å²) in [7, 11) is 0. The highest BCUT2D eigenvalue weighted by molar-refractivity contribution is 6.28. The quantitative estimate of drug-likeness (QED) is 0.706. The van der Waals surface area contributed by atoms with Gasteiger partial charge in [-0.2, -0.15) is 15.1 Å². The Morgan fingerprint density at radius 2 is 2.16 bits per heavy atom. The summed E-state index contributed by atoms with van der Waals surface area (Å²) in [5, 5.41) is 10.2. The molecule has 19 heavy (non-hydrogen) atoms. The van der Waals surface area contributed by atoms with Crippen LogP contribution in [0.25, 0.3) is 11.0 Å². The van der Waals surface area contributed by atoms with E-state index in [0.717, 1.165) is 5.56 Å². The van der Waals surface area contributed by atoms with Gasteiger partial charge in [0.2, 0.25) is 5.28 Å². The third kappa shape index (κ3) is 2.10. The van der Waals surface area contributed by atoms with Crippen molar-refractivity contribution in [3.63, 3.8) is 0 Å². The van der Waals surface area contributed by atoms with Gasteiger partial charge in [-0.1, -0.05) is 12.1 Å². The van der Waals surface area contributed by atoms with Crippen LogP contribution in [0.15, 0.2) is 24.4 Å². The summed E-state index contributed by atoms with van der Waals surface area (Å²) >= 11 is 5.82. The number of aromatic amines is 1. The number of H-pyrrole nitrogens is 1. The predicted molar refractivity (Wildman–Crippen MR) is 71.1 cm³/mol. The molecule has 96 valence electrons. The van der Waals surface area contributed by atoms with E-state index in [-0.39, 0.29) is 11.1 Å². The van der Waals surface area contributed by atoms with Crippen LogP contribution in [-0.2, 0) is 0 Å². The first kappa shape index (κ1) is 11.9. The van der Waals surface area contributed by atoms with Gasteiger partial charge < -0.3 is 5.32 Å². The standard InChI is InChI=1S/C12H9ClFN5/c1-6-3-2-4-8(14)9(6)16-10-7-5-15-19-11(7)18-12(13)17-10/h2-5H,1H3,(H2,15,16,17,18,19). The fourth-order valence-corrected chi connectivity index (χ4v) is 1.98. The Labute approximate surface area is 112 Å². The molecule has 2 heterocycles. The van der Waals surface area contributed by atoms with E-state index in [9.17, 15) is 4.39 Å². The molecule has 7 heteroatoms. The number of para-hydroxylation sites is 1. The van der Waals surface area contributed by atoms with Crippen molar-refractivity contribution in [3.05, 3.63) is 41.1 Å². The first-order valence-electron chi connectivity index (χ1n) is 5.54. The van der Waals surface area contributed by atoms with Crippen LogP contribution in [0.1, 0.15) is 5.56 Å². The maximum absolute atomic E-state index is 13.8. The molecule has 2 N–H and O–H groups in total. The van der Waals surface area contributed by atoms with Gasteiger partial charge in [0.1, 0.15) is 11.6 Å². The fraction of sp³-hybridized carbons (Fsp3) is 0.0833. The first-order valence-corrected chi connectivity index (χ1v) is 5.91. The minimum atomic E-state index is -0.355. The third-order valence-corrected chi connectivity index (χ3v) is 2.92. The van der Waals surface area contributed by atoms with E-state index >= 15 is 0 Å². The predicted octanol–water partition coefficient (Wildman–Crippen LogP) is 3.20. The van der Waals surface area contributed by atoms with Gasteiger partial charge in [-0.05, 0) is 30.2 Å². The van der Waals surface area contributed by atoms with E-state index in [2.05, 4.69) is 25.5 Å². The van der Waals surface area contributed by atoms with Crippen molar-refractivity contribution in [3.8, 4) is 0 Å². The monoisotopic (exact) mass is 277 g/mol. The second kappa shape index (κ2) is 4.47. The summed E-state index contributed by atoms with van der Waals surface area (Å²) in [6.07, 6.45) is 1.56. The van der Waals surface area contributed by atoms with Gasteiger partial charge in [-0.3, -0.25) is 5.10 Å². The van der Waals surface area contributed by atoms with E-state index in [1.807, 2.05) is 0 Å². The molecule has 0 saturated carbocycles. The molecule has 0 radical (unpaired) electrons. The molecule has 1 aromatic carbocycles. The summed E-state index contributed by atoms with van der Waals surface area (Å²) in [6, 6.07) is 4.84. The third-order valence-electron chi connectivity index (χ3n) is 2.75. The lowest BCUT2D eigenvalue weighted by Gasteiger charge is -2.10. The van der Waals surface area contributed by atoms with E-state index in [4.69, 9.17) is 11.6 Å². The Morgan fingerprint density at radius 1 is 1.32 bits per heavy atom. The van der Waals surface area contributed by atoms with Crippen LogP contribution >= 0.6 is 11.6 Å². The Kier molecular flexibility index (Phi) is 2.79. The number of nitrogens with one attached hydrogen (secondary N) is 2. The number of aromatic nitrogens is 4. The van der Waals surface area contributed by atoms with Crippen LogP contribution < -0.4 is 5.32 Å². The number of rotatable bonds is 2. The molecular formula is C12H9ClFN5. The number of nitrogens with zero attached hydrogens (tertiary/aromatic N) is 3. The van der Waals surface area contributed by atoms with E-state index < -0.39 is 0 Å². The fourth-order valence-electron chi connectivity index (χ4n) is 1.81. The van der Waals surface area contributed by atoms with Crippen molar-refractivity contribution in [2.45, 2.75) is 6.92 Å². The molecule has 0 aliphatic heterocycles. The van der Waals surface area contributed by atoms with Gasteiger partial charge in [0.25, 0.3) is 0 Å². The number of hydrogen-bond acceptors (Lipinski definition) is 4. The number of hydrogen-bond donors (Lipinski definition) is 2. The highest BCUT2D eigenvalue weighted by atomic mass is 35.5. The molecule has 3 rings (SSSR count). The summed E-state index contributed by atoms with van der Waals surface area (Å²) in [5.41, 5.74) is 1.63. The molecule has 2 aromatic heterocycles. The normalized spacial score (nSPS) is 10.9. The molecule has 0 aliphatic rings. The molecule has 0 spiro atoms. The molecule has 0 atom stereocenters. The second-order valence-electron chi connectivity index (χ2n) is 4.03. The number of aryl methyl sites for hydroxylation is 1. The van der Waals surface area contributed by atoms with Crippen molar-refractivity contribution in [1.29, 1.82) is 0 Å². The molecule has 0 saturated heterocycles. The average molecular weight is 278 g/mol. The molecule has 0 unspecified atom stereocenters. The van der Waals surface area contributed by atoms with Crippen molar-refractivity contribution < 1.29 is 4.39 Å². The van der Waals surface area contributed by atoms with Gasteiger partial charge in [-0.15, -0.1) is 0 Å². The summed E-state index contributed by atoms with van der Waals surface area (Å²) < 4.78 is 13.8. The smallest absolute Gasteiger partial charge is 0.226 e. The minimum Gasteiger partial charge on any atom is -0.337 e. The number of benzene rings is 1. The lowest BCUT2D eigenvalue weighted by Crippen LogP contribution is -2.00. The van der Waals surface area contributed by atoms with E-state index in [1.165, 1.54) is 6.07 Å². The molecule has 3 aromatic rings. The van der Waals surface area contributed by atoms with Gasteiger partial charge in [0, 0.05) is 0 Å². The van der Waals surface area contributed by atoms with Gasteiger partial charge >= 0.3 is 0 Å². The lowest BCUT2D eigenvalue weighted by atomic mass is 10.2. The Hall–Kier alpha value is -2.21. The van der Waals surface area contributed by atoms with E-state index in [0.29, 0.717) is 22.5 Å². The topological polar surface area (TPSA) is 66.5 Å². The molecular weight excluding hydrogens is 269 g/mol. The van der Waals surface area contributed by atoms with Gasteiger partial charge in [0.15, 0.2) is 5.65 Å². The Bertz CT molecular complexity index is 735. The highest BCUT2D eigenvalue weighted by Crippen LogP contribution is 2.27. The van der Waals surface area contributed by atoms with Gasteiger partial charge in [-0.25, -0.2) is 4.39 Å². The van der Waals surface area contributed by atoms with Crippen molar-refractivity contribution in [1.82, 2.24) is 20.2 Å². The SMILES string of the molecule is Cc1cccc(F)c1Nc1nc(Cl)nc2[nH]ncc12. The molecule has 0 aliphatic carbocycles. The van der Waals surface area contributed by atoms with E-state index in [1.54, 1.807) is 25.3 Å². The molecule has 0 bridgehead atoms. The molecule has 0 fully saturated rings. The summed E-state index contributed by atoms with van der Waals surface area (Å²) in [4.78, 5) is 8.05. The number of anilines is 2. The molecule has 5 nitrogen and oxygen atoms in total. The van der Waals surface area contributed by atoms with Crippen LogP contribution in [0.4, 0.5) is 15.9 Å². The van der Waals surface area contributed by atoms with Gasteiger partial charge in [0.05, 0.1) is 17.3 Å². The maximum atomic E-state index is 13.8. The highest BCUT2D eigenvalue weighted by Gasteiger charge is 2.12. The zero-order chi connectivity index (χ0) is 13.4. The summed E-state index contributed by atoms with van der Waals surface area (Å²) in [5.74, 6) is 0.0586. The van der Waals surface area contributed by atoms with Crippen LogP contribution in [0.3, 0.4) is 0 Å². The molecule has 0 amide bonds. The summed E-state index contributed by atoms with van der Waals surface area (Å²) in [6.45, 7) is 1.81. The Balaban J connectivity index is 2.13. The van der Waals surface area contributed by atoms with Crippen molar-refractivity contribution in [2.75, 3.05) is 5.32 Å². The minimum absolute atomic E-state index is 0.0632. The average Bonchev–Trinajstić information content (AvgIpc) is 2.81. The van der Waals surface area contributed by atoms with Crippen LogP contribution in [0.2, 0.25) is 5.28 Å².